The van der Waals surface area contributed by atoms with E-state index in [1.807, 2.05) is 6.07 Å². The Morgan fingerprint density at radius 3 is 2.30 bits per heavy atom. The Kier molecular flexibility index (Phi) is 3.43. The predicted molar refractivity (Wildman–Crippen MR) is 82.6 cm³/mol. The first-order valence-corrected chi connectivity index (χ1v) is 8.58. The molecule has 3 rings (SSSR count). The van der Waals surface area contributed by atoms with Crippen LogP contribution < -0.4 is 4.74 Å². The summed E-state index contributed by atoms with van der Waals surface area (Å²) < 4.78 is 34.6. The number of fused-ring (bicyclic) bond motifs is 1. The number of rotatable bonds is 1. The third-order valence-corrected chi connectivity index (χ3v) is 5.28. The van der Waals surface area contributed by atoms with Crippen LogP contribution in [0.3, 0.4) is 0 Å². The number of ether oxygens (including phenoxy) is 1. The summed E-state index contributed by atoms with van der Waals surface area (Å²) in [4.78, 5) is 0.165. The second kappa shape index (κ2) is 4.98. The Hall–Kier alpha value is -1.18. The van der Waals surface area contributed by atoms with Crippen molar-refractivity contribution in [2.45, 2.75) is 4.90 Å². The van der Waals surface area contributed by atoms with Crippen LogP contribution in [-0.2, 0) is 10.0 Å². The molecule has 0 bridgehead atoms. The summed E-state index contributed by atoms with van der Waals surface area (Å²) in [5.41, 5.74) is 0.468. The maximum absolute atomic E-state index is 11.9. The standard InChI is InChI=1S/C13H7Br2NO3S/c14-9-5-3-6-10(15)12(9)19-13-8-4-1-2-7-11(8)20(17,18)16-13/h1-7H. The first-order chi connectivity index (χ1) is 9.49. The fraction of sp³-hybridized carbons (Fsp3) is 0. The molecule has 20 heavy (non-hydrogen) atoms. The van der Waals surface area contributed by atoms with E-state index in [1.165, 1.54) is 6.07 Å². The van der Waals surface area contributed by atoms with Crippen LogP contribution in [0.1, 0.15) is 5.56 Å². The molecule has 0 aromatic heterocycles. The number of halogens is 2. The molecule has 4 nitrogen and oxygen atoms in total. The van der Waals surface area contributed by atoms with Gasteiger partial charge in [0.25, 0.3) is 10.0 Å². The smallest absolute Gasteiger partial charge is 0.286 e. The lowest BCUT2D eigenvalue weighted by Gasteiger charge is -2.09. The summed E-state index contributed by atoms with van der Waals surface area (Å²) in [6, 6.07) is 12.0. The Balaban J connectivity index is 2.10. The monoisotopic (exact) mass is 415 g/mol. The minimum Gasteiger partial charge on any atom is -0.435 e. The fourth-order valence-electron chi connectivity index (χ4n) is 1.83. The van der Waals surface area contributed by atoms with Crippen LogP contribution in [0.4, 0.5) is 0 Å². The second-order valence-corrected chi connectivity index (χ2v) is 7.30. The molecular weight excluding hydrogens is 410 g/mol. The van der Waals surface area contributed by atoms with Crippen LogP contribution in [0.2, 0.25) is 0 Å². The number of para-hydroxylation sites is 1. The van der Waals surface area contributed by atoms with Crippen molar-refractivity contribution in [1.29, 1.82) is 0 Å². The van der Waals surface area contributed by atoms with Gasteiger partial charge in [0.1, 0.15) is 4.90 Å². The average molecular weight is 417 g/mol. The molecule has 1 heterocycles. The van der Waals surface area contributed by atoms with Crippen molar-refractivity contribution < 1.29 is 13.2 Å². The Morgan fingerprint density at radius 2 is 1.60 bits per heavy atom. The van der Waals surface area contributed by atoms with Gasteiger partial charge in [0.15, 0.2) is 5.75 Å². The molecule has 0 fully saturated rings. The van der Waals surface area contributed by atoms with Crippen molar-refractivity contribution in [2.24, 2.45) is 4.40 Å². The molecule has 102 valence electrons. The summed E-state index contributed by atoms with van der Waals surface area (Å²) >= 11 is 6.73. The summed E-state index contributed by atoms with van der Waals surface area (Å²) in [6.45, 7) is 0. The number of sulfonamides is 1. The van der Waals surface area contributed by atoms with Crippen molar-refractivity contribution >= 4 is 47.8 Å². The molecule has 1 aliphatic heterocycles. The van der Waals surface area contributed by atoms with Crippen molar-refractivity contribution in [3.63, 3.8) is 0 Å². The van der Waals surface area contributed by atoms with Crippen LogP contribution in [0.5, 0.6) is 5.75 Å². The zero-order valence-corrected chi connectivity index (χ0v) is 13.9. The molecule has 7 heteroatoms. The Bertz CT molecular complexity index is 811. The first-order valence-electron chi connectivity index (χ1n) is 5.55. The molecule has 1 aliphatic rings. The van der Waals surface area contributed by atoms with E-state index in [0.29, 0.717) is 20.3 Å². The molecule has 2 aromatic carbocycles. The first kappa shape index (κ1) is 13.8. The van der Waals surface area contributed by atoms with Gasteiger partial charge in [-0.1, -0.05) is 18.2 Å². The third-order valence-electron chi connectivity index (χ3n) is 2.72. The normalized spacial score (nSPS) is 15.6. The number of nitrogens with zero attached hydrogens (tertiary/aromatic N) is 1. The van der Waals surface area contributed by atoms with Gasteiger partial charge in [0.2, 0.25) is 5.90 Å². The van der Waals surface area contributed by atoms with Crippen molar-refractivity contribution in [1.82, 2.24) is 0 Å². The molecule has 0 saturated heterocycles. The Morgan fingerprint density at radius 1 is 0.950 bits per heavy atom. The molecule has 0 atom stereocenters. The van der Waals surface area contributed by atoms with E-state index >= 15 is 0 Å². The van der Waals surface area contributed by atoms with Gasteiger partial charge in [0.05, 0.1) is 14.5 Å². The van der Waals surface area contributed by atoms with Gasteiger partial charge in [-0.2, -0.15) is 8.42 Å². The zero-order valence-electron chi connectivity index (χ0n) is 9.88. The zero-order chi connectivity index (χ0) is 14.3. The number of benzene rings is 2. The minimum atomic E-state index is -3.67. The number of hydrogen-bond acceptors (Lipinski definition) is 3. The van der Waals surface area contributed by atoms with E-state index in [1.54, 1.807) is 30.3 Å². The highest BCUT2D eigenvalue weighted by Gasteiger charge is 2.30. The molecule has 0 amide bonds. The highest BCUT2D eigenvalue weighted by Crippen LogP contribution is 2.35. The lowest BCUT2D eigenvalue weighted by atomic mass is 10.2. The lowest BCUT2D eigenvalue weighted by molar-refractivity contribution is 0.547. The summed E-state index contributed by atoms with van der Waals surface area (Å²) in [6.07, 6.45) is 0. The van der Waals surface area contributed by atoms with Gasteiger partial charge in [-0.05, 0) is 56.1 Å². The van der Waals surface area contributed by atoms with Gasteiger partial charge in [-0.15, -0.1) is 4.40 Å². The van der Waals surface area contributed by atoms with Crippen LogP contribution in [0.15, 0.2) is 60.7 Å². The molecule has 0 unspecified atom stereocenters. The summed E-state index contributed by atoms with van der Waals surface area (Å²) in [5, 5.41) is 0. The molecular formula is C13H7Br2NO3S. The highest BCUT2D eigenvalue weighted by molar-refractivity contribution is 9.11. The molecule has 0 N–H and O–H groups in total. The lowest BCUT2D eigenvalue weighted by Crippen LogP contribution is -2.08. The van der Waals surface area contributed by atoms with E-state index in [2.05, 4.69) is 36.3 Å². The van der Waals surface area contributed by atoms with E-state index < -0.39 is 10.0 Å². The second-order valence-electron chi connectivity index (χ2n) is 4.02. The third kappa shape index (κ3) is 2.30. The molecule has 0 aliphatic carbocycles. The molecule has 2 aromatic rings. The quantitative estimate of drug-likeness (QED) is 0.711. The van der Waals surface area contributed by atoms with Gasteiger partial charge in [-0.25, -0.2) is 0 Å². The summed E-state index contributed by atoms with van der Waals surface area (Å²) in [5.74, 6) is 0.561. The fourth-order valence-corrected chi connectivity index (χ4v) is 4.12. The van der Waals surface area contributed by atoms with Crippen molar-refractivity contribution in [3.8, 4) is 5.75 Å². The Labute approximate surface area is 132 Å². The maximum Gasteiger partial charge on any atom is 0.286 e. The highest BCUT2D eigenvalue weighted by atomic mass is 79.9. The topological polar surface area (TPSA) is 55.7 Å². The van der Waals surface area contributed by atoms with E-state index in [-0.39, 0.29) is 10.8 Å². The van der Waals surface area contributed by atoms with E-state index in [4.69, 9.17) is 4.74 Å². The average Bonchev–Trinajstić information content (AvgIpc) is 2.66. The molecule has 0 saturated carbocycles. The van der Waals surface area contributed by atoms with Crippen molar-refractivity contribution in [3.05, 3.63) is 57.0 Å². The SMILES string of the molecule is O=S1(=O)N=C(Oc2c(Br)cccc2Br)c2ccccc21. The van der Waals surface area contributed by atoms with E-state index in [9.17, 15) is 8.42 Å². The number of hydrogen-bond donors (Lipinski definition) is 0. The minimum absolute atomic E-state index is 0.0770. The van der Waals surface area contributed by atoms with Crippen LogP contribution >= 0.6 is 31.9 Å². The van der Waals surface area contributed by atoms with Crippen molar-refractivity contribution in [2.75, 3.05) is 0 Å². The van der Waals surface area contributed by atoms with E-state index in [0.717, 1.165) is 0 Å². The van der Waals surface area contributed by atoms with Gasteiger partial charge < -0.3 is 4.74 Å². The van der Waals surface area contributed by atoms with Gasteiger partial charge in [-0.3, -0.25) is 0 Å². The van der Waals surface area contributed by atoms with Gasteiger partial charge >= 0.3 is 0 Å². The predicted octanol–water partition coefficient (Wildman–Crippen LogP) is 3.74. The van der Waals surface area contributed by atoms with Crippen LogP contribution in [0.25, 0.3) is 0 Å². The van der Waals surface area contributed by atoms with Gasteiger partial charge in [0, 0.05) is 0 Å². The molecule has 0 spiro atoms. The maximum atomic E-state index is 11.9. The van der Waals surface area contributed by atoms with Crippen LogP contribution in [-0.4, -0.2) is 14.3 Å². The van der Waals surface area contributed by atoms with Crippen LogP contribution in [0, 0.1) is 0 Å². The largest absolute Gasteiger partial charge is 0.435 e. The summed E-state index contributed by atoms with van der Waals surface area (Å²) in [7, 11) is -3.67. The molecule has 0 radical (unpaired) electrons.